The molecular weight excluding hydrogens is 250 g/mol. The molecule has 0 amide bonds. The number of piperidine rings is 1. The van der Waals surface area contributed by atoms with Crippen molar-refractivity contribution in [2.45, 2.75) is 51.1 Å². The molecule has 0 saturated carbocycles. The first kappa shape index (κ1) is 16.2. The Kier molecular flexibility index (Phi) is 7.28. The molecule has 0 aromatic heterocycles. The van der Waals surface area contributed by atoms with E-state index in [1.165, 1.54) is 64.8 Å². The molecule has 1 N–H and O–H groups in total. The molecule has 20 heavy (non-hydrogen) atoms. The summed E-state index contributed by atoms with van der Waals surface area (Å²) in [7, 11) is 1.82. The van der Waals surface area contributed by atoms with Crippen molar-refractivity contribution in [1.82, 2.24) is 15.1 Å². The van der Waals surface area contributed by atoms with Crippen molar-refractivity contribution in [1.29, 1.82) is 0 Å². The minimum Gasteiger partial charge on any atom is -0.383 e. The molecule has 0 radical (unpaired) electrons. The molecule has 2 aliphatic rings. The van der Waals surface area contributed by atoms with Crippen LogP contribution in [0.2, 0.25) is 0 Å². The van der Waals surface area contributed by atoms with Crippen LogP contribution in [-0.4, -0.2) is 74.9 Å². The van der Waals surface area contributed by atoms with Gasteiger partial charge in [-0.15, -0.1) is 0 Å². The van der Waals surface area contributed by atoms with Gasteiger partial charge in [0, 0.05) is 32.3 Å². The summed E-state index contributed by atoms with van der Waals surface area (Å²) < 4.78 is 5.31. The summed E-state index contributed by atoms with van der Waals surface area (Å²) in [6, 6.07) is 1.47. The largest absolute Gasteiger partial charge is 0.383 e. The highest BCUT2D eigenvalue weighted by Gasteiger charge is 2.26. The van der Waals surface area contributed by atoms with Gasteiger partial charge in [0.2, 0.25) is 0 Å². The maximum atomic E-state index is 5.31. The molecule has 2 rings (SSSR count). The van der Waals surface area contributed by atoms with Crippen LogP contribution in [0.15, 0.2) is 0 Å². The zero-order valence-corrected chi connectivity index (χ0v) is 13.4. The van der Waals surface area contributed by atoms with E-state index in [-0.39, 0.29) is 0 Å². The lowest BCUT2D eigenvalue weighted by molar-refractivity contribution is 0.0733. The van der Waals surface area contributed by atoms with Gasteiger partial charge in [0.1, 0.15) is 0 Å². The minimum atomic E-state index is 0.709. The van der Waals surface area contributed by atoms with Crippen LogP contribution >= 0.6 is 0 Å². The molecule has 118 valence electrons. The maximum absolute atomic E-state index is 5.31. The van der Waals surface area contributed by atoms with Crippen LogP contribution in [-0.2, 0) is 4.74 Å². The molecule has 2 heterocycles. The number of methoxy groups -OCH3 is 1. The van der Waals surface area contributed by atoms with E-state index in [1.54, 1.807) is 0 Å². The Labute approximate surface area is 124 Å². The van der Waals surface area contributed by atoms with Crippen molar-refractivity contribution < 1.29 is 4.74 Å². The van der Waals surface area contributed by atoms with Crippen LogP contribution in [0.5, 0.6) is 0 Å². The van der Waals surface area contributed by atoms with Crippen LogP contribution in [0, 0.1) is 0 Å². The van der Waals surface area contributed by atoms with Crippen molar-refractivity contribution in [2.75, 3.05) is 53.0 Å². The quantitative estimate of drug-likeness (QED) is 0.732. The first-order valence-corrected chi connectivity index (χ1v) is 8.52. The van der Waals surface area contributed by atoms with E-state index >= 15 is 0 Å². The molecule has 1 atom stereocenters. The topological polar surface area (TPSA) is 27.7 Å². The fourth-order valence-electron chi connectivity index (χ4n) is 3.65. The van der Waals surface area contributed by atoms with Crippen LogP contribution in [0.25, 0.3) is 0 Å². The molecule has 0 aromatic rings. The van der Waals surface area contributed by atoms with Crippen LogP contribution in [0.1, 0.15) is 39.0 Å². The Hall–Kier alpha value is -0.160. The molecule has 0 spiro atoms. The summed E-state index contributed by atoms with van der Waals surface area (Å²) in [6.45, 7) is 10.5. The molecular formula is C16H33N3O. The highest BCUT2D eigenvalue weighted by molar-refractivity contribution is 4.84. The third-order valence-electron chi connectivity index (χ3n) is 4.81. The van der Waals surface area contributed by atoms with Crippen molar-refractivity contribution in [3.8, 4) is 0 Å². The van der Waals surface area contributed by atoms with Gasteiger partial charge in [-0.1, -0.05) is 6.92 Å². The van der Waals surface area contributed by atoms with E-state index in [4.69, 9.17) is 4.74 Å². The van der Waals surface area contributed by atoms with E-state index in [0.29, 0.717) is 6.04 Å². The molecule has 2 saturated heterocycles. The fraction of sp³-hybridized carbons (Fsp3) is 1.00. The lowest BCUT2D eigenvalue weighted by Crippen LogP contribution is -2.49. The minimum absolute atomic E-state index is 0.709. The van der Waals surface area contributed by atoms with Gasteiger partial charge in [-0.3, -0.25) is 4.90 Å². The zero-order chi connectivity index (χ0) is 14.2. The molecule has 0 aromatic carbocycles. The van der Waals surface area contributed by atoms with Gasteiger partial charge in [-0.05, 0) is 58.3 Å². The Morgan fingerprint density at radius 2 is 2.05 bits per heavy atom. The van der Waals surface area contributed by atoms with E-state index in [0.717, 1.165) is 19.2 Å². The van der Waals surface area contributed by atoms with Crippen molar-refractivity contribution in [3.05, 3.63) is 0 Å². The number of hydrogen-bond acceptors (Lipinski definition) is 4. The zero-order valence-electron chi connectivity index (χ0n) is 13.4. The monoisotopic (exact) mass is 283 g/mol. The number of hydrogen-bond donors (Lipinski definition) is 1. The second kappa shape index (κ2) is 8.98. The lowest BCUT2D eigenvalue weighted by atomic mass is 10.0. The van der Waals surface area contributed by atoms with Gasteiger partial charge in [0.15, 0.2) is 0 Å². The standard InChI is InChI=1S/C16H33N3O/c1-3-9-18-10-6-16(7-11-18)19(12-13-20-2)14-15-5-4-8-17-15/h15-17H,3-14H2,1-2H3. The molecule has 2 fully saturated rings. The average Bonchev–Trinajstić information content (AvgIpc) is 2.98. The fourth-order valence-corrected chi connectivity index (χ4v) is 3.65. The Balaban J connectivity index is 1.79. The van der Waals surface area contributed by atoms with Gasteiger partial charge in [0.05, 0.1) is 6.61 Å². The predicted molar refractivity (Wildman–Crippen MR) is 84.2 cm³/mol. The van der Waals surface area contributed by atoms with Crippen molar-refractivity contribution in [2.24, 2.45) is 0 Å². The maximum Gasteiger partial charge on any atom is 0.0589 e. The van der Waals surface area contributed by atoms with E-state index < -0.39 is 0 Å². The molecule has 2 aliphatic heterocycles. The molecule has 4 heteroatoms. The van der Waals surface area contributed by atoms with E-state index in [9.17, 15) is 0 Å². The van der Waals surface area contributed by atoms with Crippen LogP contribution in [0.3, 0.4) is 0 Å². The Morgan fingerprint density at radius 3 is 2.65 bits per heavy atom. The number of ether oxygens (including phenoxy) is 1. The highest BCUT2D eigenvalue weighted by atomic mass is 16.5. The molecule has 0 aliphatic carbocycles. The Morgan fingerprint density at radius 1 is 1.25 bits per heavy atom. The lowest BCUT2D eigenvalue weighted by Gasteiger charge is -2.39. The number of rotatable bonds is 8. The average molecular weight is 283 g/mol. The summed E-state index contributed by atoms with van der Waals surface area (Å²) in [5.74, 6) is 0. The molecule has 1 unspecified atom stereocenters. The normalized spacial score (nSPS) is 25.6. The SMILES string of the molecule is CCCN1CCC(N(CCOC)CC2CCCN2)CC1. The molecule has 0 bridgehead atoms. The first-order valence-electron chi connectivity index (χ1n) is 8.52. The predicted octanol–water partition coefficient (Wildman–Crippen LogP) is 1.56. The van der Waals surface area contributed by atoms with Crippen molar-refractivity contribution >= 4 is 0 Å². The van der Waals surface area contributed by atoms with Gasteiger partial charge in [-0.2, -0.15) is 0 Å². The summed E-state index contributed by atoms with van der Waals surface area (Å²) in [4.78, 5) is 5.31. The third-order valence-corrected chi connectivity index (χ3v) is 4.81. The first-order chi connectivity index (χ1) is 9.83. The second-order valence-corrected chi connectivity index (χ2v) is 6.35. The van der Waals surface area contributed by atoms with Gasteiger partial charge < -0.3 is 15.0 Å². The van der Waals surface area contributed by atoms with E-state index in [1.807, 2.05) is 7.11 Å². The summed E-state index contributed by atoms with van der Waals surface area (Å²) in [6.07, 6.45) is 6.63. The molecule has 4 nitrogen and oxygen atoms in total. The van der Waals surface area contributed by atoms with Gasteiger partial charge >= 0.3 is 0 Å². The smallest absolute Gasteiger partial charge is 0.0589 e. The van der Waals surface area contributed by atoms with E-state index in [2.05, 4.69) is 22.0 Å². The number of nitrogens with zero attached hydrogens (tertiary/aromatic N) is 2. The highest BCUT2D eigenvalue weighted by Crippen LogP contribution is 2.18. The summed E-state index contributed by atoms with van der Waals surface area (Å²) in [5.41, 5.74) is 0. The number of nitrogens with one attached hydrogen (secondary N) is 1. The van der Waals surface area contributed by atoms with Crippen LogP contribution in [0.4, 0.5) is 0 Å². The van der Waals surface area contributed by atoms with Gasteiger partial charge in [0.25, 0.3) is 0 Å². The van der Waals surface area contributed by atoms with Gasteiger partial charge in [-0.25, -0.2) is 0 Å². The van der Waals surface area contributed by atoms with Crippen molar-refractivity contribution in [3.63, 3.8) is 0 Å². The number of likely N-dealkylation sites (tertiary alicyclic amines) is 1. The van der Waals surface area contributed by atoms with Crippen LogP contribution < -0.4 is 5.32 Å². The second-order valence-electron chi connectivity index (χ2n) is 6.35. The Bertz CT molecular complexity index is 248. The summed E-state index contributed by atoms with van der Waals surface area (Å²) in [5, 5.41) is 3.64. The summed E-state index contributed by atoms with van der Waals surface area (Å²) >= 11 is 0. The third kappa shape index (κ3) is 4.99.